The second-order valence-corrected chi connectivity index (χ2v) is 9.48. The van der Waals surface area contributed by atoms with Crippen LogP contribution in [0, 0.1) is 0 Å². The fourth-order valence-electron chi connectivity index (χ4n) is 2.73. The number of carbonyl (C=O) groups is 1. The molecular weight excluding hydrogens is 438 g/mol. The maximum Gasteiger partial charge on any atom is 0.234 e. The zero-order valence-corrected chi connectivity index (χ0v) is 19.0. The Morgan fingerprint density at radius 2 is 1.81 bits per heavy atom. The van der Waals surface area contributed by atoms with E-state index in [9.17, 15) is 13.2 Å². The molecule has 2 aromatic carbocycles. The molecule has 1 heterocycles. The second kappa shape index (κ2) is 9.84. The lowest BCUT2D eigenvalue weighted by atomic mass is 10.3. The summed E-state index contributed by atoms with van der Waals surface area (Å²) in [5.74, 6) is 1.11. The number of para-hydroxylation sites is 1. The largest absolute Gasteiger partial charge is 0.497 e. The third-order valence-corrected chi connectivity index (χ3v) is 6.52. The molecule has 3 aromatic rings. The first-order chi connectivity index (χ1) is 14.8. The van der Waals surface area contributed by atoms with Crippen molar-refractivity contribution in [2.45, 2.75) is 11.7 Å². The van der Waals surface area contributed by atoms with Gasteiger partial charge in [-0.25, -0.2) is 8.42 Å². The van der Waals surface area contributed by atoms with Crippen molar-refractivity contribution in [2.75, 3.05) is 28.7 Å². The van der Waals surface area contributed by atoms with E-state index in [1.54, 1.807) is 67.3 Å². The van der Waals surface area contributed by atoms with Crippen molar-refractivity contribution in [3.05, 3.63) is 60.4 Å². The summed E-state index contributed by atoms with van der Waals surface area (Å²) in [7, 11) is -0.198. The molecule has 0 saturated heterocycles. The number of sulfonamides is 1. The number of nitrogens with one attached hydrogen (secondary N) is 1. The predicted octanol–water partition coefficient (Wildman–Crippen LogP) is 2.52. The number of hydrogen-bond acceptors (Lipinski definition) is 7. The summed E-state index contributed by atoms with van der Waals surface area (Å²) < 4.78 is 32.6. The van der Waals surface area contributed by atoms with Crippen molar-refractivity contribution in [3.8, 4) is 5.75 Å². The molecule has 9 nitrogen and oxygen atoms in total. The molecule has 0 aliphatic heterocycles. The van der Waals surface area contributed by atoms with Crippen LogP contribution in [0.3, 0.4) is 0 Å². The first kappa shape index (κ1) is 22.6. The van der Waals surface area contributed by atoms with Crippen LogP contribution in [-0.2, 0) is 28.4 Å². The van der Waals surface area contributed by atoms with Crippen LogP contribution in [0.15, 0.2) is 59.8 Å². The summed E-state index contributed by atoms with van der Waals surface area (Å²) in [5.41, 5.74) is 1.21. The van der Waals surface area contributed by atoms with Gasteiger partial charge < -0.3 is 14.6 Å². The smallest absolute Gasteiger partial charge is 0.234 e. The van der Waals surface area contributed by atoms with Crippen molar-refractivity contribution in [2.24, 2.45) is 7.05 Å². The van der Waals surface area contributed by atoms with E-state index < -0.39 is 10.0 Å². The van der Waals surface area contributed by atoms with Gasteiger partial charge in [-0.05, 0) is 36.4 Å². The van der Waals surface area contributed by atoms with E-state index in [0.717, 1.165) is 6.26 Å². The number of nitrogens with zero attached hydrogens (tertiary/aromatic N) is 4. The zero-order chi connectivity index (χ0) is 22.4. The Morgan fingerprint density at radius 1 is 1.13 bits per heavy atom. The Morgan fingerprint density at radius 3 is 2.42 bits per heavy atom. The molecular formula is C20H23N5O4S2. The summed E-state index contributed by atoms with van der Waals surface area (Å²) in [5, 5.41) is 11.5. The van der Waals surface area contributed by atoms with Gasteiger partial charge in [0.1, 0.15) is 5.75 Å². The number of methoxy groups -OCH3 is 1. The Labute approximate surface area is 185 Å². The van der Waals surface area contributed by atoms with Crippen molar-refractivity contribution < 1.29 is 17.9 Å². The molecule has 164 valence electrons. The van der Waals surface area contributed by atoms with E-state index in [1.165, 1.54) is 16.1 Å². The van der Waals surface area contributed by atoms with E-state index in [1.807, 2.05) is 6.07 Å². The highest BCUT2D eigenvalue weighted by Gasteiger charge is 2.21. The maximum absolute atomic E-state index is 12.3. The monoisotopic (exact) mass is 461 g/mol. The third-order valence-electron chi connectivity index (χ3n) is 4.36. The second-order valence-electron chi connectivity index (χ2n) is 6.63. The normalized spacial score (nSPS) is 11.2. The Hall–Kier alpha value is -3.05. The zero-order valence-electron chi connectivity index (χ0n) is 17.3. The minimum atomic E-state index is -3.52. The van der Waals surface area contributed by atoms with Gasteiger partial charge in [0, 0.05) is 12.7 Å². The Balaban J connectivity index is 1.64. The molecule has 31 heavy (non-hydrogen) atoms. The van der Waals surface area contributed by atoms with Crippen molar-refractivity contribution in [1.82, 2.24) is 14.8 Å². The van der Waals surface area contributed by atoms with Crippen LogP contribution in [-0.4, -0.2) is 48.2 Å². The molecule has 11 heteroatoms. The SMILES string of the molecule is COc1ccc(NC(=O)CSc2nnc(CN(c3ccccc3)S(C)(=O)=O)n2C)cc1. The van der Waals surface area contributed by atoms with E-state index in [2.05, 4.69) is 15.5 Å². The van der Waals surface area contributed by atoms with Gasteiger partial charge in [-0.3, -0.25) is 9.10 Å². The van der Waals surface area contributed by atoms with Crippen LogP contribution >= 0.6 is 11.8 Å². The highest BCUT2D eigenvalue weighted by molar-refractivity contribution is 7.99. The van der Waals surface area contributed by atoms with Crippen molar-refractivity contribution in [3.63, 3.8) is 0 Å². The van der Waals surface area contributed by atoms with Crippen LogP contribution in [0.25, 0.3) is 0 Å². The standard InChI is InChI=1S/C20H23N5O4S2/c1-24-18(13-25(31(3,27)28)16-7-5-4-6-8-16)22-23-20(24)30-14-19(26)21-15-9-11-17(29-2)12-10-15/h4-12H,13-14H2,1-3H3,(H,21,26). The van der Waals surface area contributed by atoms with Crippen molar-refractivity contribution in [1.29, 1.82) is 0 Å². The number of anilines is 2. The summed E-state index contributed by atoms with van der Waals surface area (Å²) >= 11 is 1.22. The molecule has 0 bridgehead atoms. The number of amides is 1. The van der Waals surface area contributed by atoms with Gasteiger partial charge in [0.15, 0.2) is 11.0 Å². The molecule has 0 spiro atoms. The van der Waals surface area contributed by atoms with Crippen LogP contribution in [0.5, 0.6) is 5.75 Å². The first-order valence-corrected chi connectivity index (χ1v) is 12.1. The fraction of sp³-hybridized carbons (Fsp3) is 0.250. The summed E-state index contributed by atoms with van der Waals surface area (Å²) in [6.07, 6.45) is 1.15. The molecule has 1 aromatic heterocycles. The topological polar surface area (TPSA) is 106 Å². The molecule has 1 N–H and O–H groups in total. The summed E-state index contributed by atoms with van der Waals surface area (Å²) in [4.78, 5) is 12.2. The lowest BCUT2D eigenvalue weighted by Gasteiger charge is -2.21. The molecule has 0 unspecified atom stereocenters. The molecule has 0 radical (unpaired) electrons. The Kier molecular flexibility index (Phi) is 7.18. The molecule has 0 aliphatic carbocycles. The number of aromatic nitrogens is 3. The first-order valence-electron chi connectivity index (χ1n) is 9.25. The average molecular weight is 462 g/mol. The number of benzene rings is 2. The van der Waals surface area contributed by atoms with Gasteiger partial charge in [0.05, 0.1) is 31.4 Å². The quantitative estimate of drug-likeness (QED) is 0.488. The van der Waals surface area contributed by atoms with Gasteiger partial charge in [0.25, 0.3) is 0 Å². The predicted molar refractivity (Wildman–Crippen MR) is 121 cm³/mol. The van der Waals surface area contributed by atoms with E-state index >= 15 is 0 Å². The molecule has 0 fully saturated rings. The van der Waals surface area contributed by atoms with Gasteiger partial charge in [0.2, 0.25) is 15.9 Å². The molecule has 0 aliphatic rings. The number of hydrogen-bond donors (Lipinski definition) is 1. The van der Waals surface area contributed by atoms with E-state index in [0.29, 0.717) is 28.1 Å². The van der Waals surface area contributed by atoms with Crippen LogP contribution in [0.1, 0.15) is 5.82 Å². The van der Waals surface area contributed by atoms with Crippen molar-refractivity contribution >= 4 is 39.1 Å². The molecule has 3 rings (SSSR count). The van der Waals surface area contributed by atoms with Crippen LogP contribution < -0.4 is 14.4 Å². The number of carbonyl (C=O) groups excluding carboxylic acids is 1. The van der Waals surface area contributed by atoms with Gasteiger partial charge in [-0.1, -0.05) is 30.0 Å². The molecule has 0 saturated carbocycles. The summed E-state index contributed by atoms with van der Waals surface area (Å²) in [6, 6.07) is 15.8. The van der Waals surface area contributed by atoms with Crippen LogP contribution in [0.4, 0.5) is 11.4 Å². The number of ether oxygens (including phenoxy) is 1. The highest BCUT2D eigenvalue weighted by atomic mass is 32.2. The lowest BCUT2D eigenvalue weighted by Crippen LogP contribution is -2.30. The Bertz CT molecular complexity index is 1130. The van der Waals surface area contributed by atoms with Gasteiger partial charge >= 0.3 is 0 Å². The third kappa shape index (κ3) is 5.98. The van der Waals surface area contributed by atoms with Gasteiger partial charge in [-0.15, -0.1) is 10.2 Å². The van der Waals surface area contributed by atoms with E-state index in [4.69, 9.17) is 4.74 Å². The highest BCUT2D eigenvalue weighted by Crippen LogP contribution is 2.22. The number of thioether (sulfide) groups is 1. The maximum atomic E-state index is 12.3. The minimum absolute atomic E-state index is 0.0327. The minimum Gasteiger partial charge on any atom is -0.497 e. The fourth-order valence-corrected chi connectivity index (χ4v) is 4.32. The number of rotatable bonds is 9. The lowest BCUT2D eigenvalue weighted by molar-refractivity contribution is -0.113. The van der Waals surface area contributed by atoms with Crippen LogP contribution in [0.2, 0.25) is 0 Å². The molecule has 0 atom stereocenters. The average Bonchev–Trinajstić information content (AvgIpc) is 3.10. The van der Waals surface area contributed by atoms with Gasteiger partial charge in [-0.2, -0.15) is 0 Å². The summed E-state index contributed by atoms with van der Waals surface area (Å²) in [6.45, 7) is 0.0327. The van der Waals surface area contributed by atoms with E-state index in [-0.39, 0.29) is 18.2 Å². The molecule has 1 amide bonds.